The van der Waals surface area contributed by atoms with Crippen molar-refractivity contribution in [1.82, 2.24) is 0 Å². The molecule has 4 heteroatoms. The predicted octanol–water partition coefficient (Wildman–Crippen LogP) is 3.50. The van der Waals surface area contributed by atoms with Crippen LogP contribution in [0.1, 0.15) is 37.7 Å². The highest BCUT2D eigenvalue weighted by Crippen LogP contribution is 2.26. The molecule has 0 amide bonds. The zero-order chi connectivity index (χ0) is 13.0. The van der Waals surface area contributed by atoms with Crippen molar-refractivity contribution >= 4 is 27.5 Å². The van der Waals surface area contributed by atoms with E-state index in [0.717, 1.165) is 28.8 Å². The van der Waals surface area contributed by atoms with Crippen LogP contribution < -0.4 is 10.6 Å². The minimum atomic E-state index is 0.147. The Morgan fingerprint density at radius 3 is 2.33 bits per heavy atom. The van der Waals surface area contributed by atoms with Crippen LogP contribution in [0, 0.1) is 5.41 Å². The molecule has 0 radical (unpaired) electrons. The number of anilines is 1. The average Bonchev–Trinajstić information content (AvgIpc) is 2.29. The van der Waals surface area contributed by atoms with Crippen molar-refractivity contribution < 1.29 is 0 Å². The highest BCUT2D eigenvalue weighted by molar-refractivity contribution is 9.10. The summed E-state index contributed by atoms with van der Waals surface area (Å²) in [6.45, 7) is 2.14. The number of nitrogens with zero attached hydrogens (tertiary/aromatic N) is 1. The van der Waals surface area contributed by atoms with E-state index in [4.69, 9.17) is 11.1 Å². The van der Waals surface area contributed by atoms with Gasteiger partial charge in [0.05, 0.1) is 0 Å². The first-order valence-electron chi connectivity index (χ1n) is 6.57. The van der Waals surface area contributed by atoms with Crippen molar-refractivity contribution in [2.45, 2.75) is 32.1 Å². The zero-order valence-electron chi connectivity index (χ0n) is 10.6. The van der Waals surface area contributed by atoms with Gasteiger partial charge in [0.2, 0.25) is 0 Å². The summed E-state index contributed by atoms with van der Waals surface area (Å²) < 4.78 is 0.975. The molecule has 1 aliphatic rings. The Kier molecular flexibility index (Phi) is 4.64. The molecule has 0 bridgehead atoms. The molecular weight excluding hydrogens is 290 g/mol. The van der Waals surface area contributed by atoms with E-state index in [1.54, 1.807) is 0 Å². The lowest BCUT2D eigenvalue weighted by Gasteiger charge is -2.28. The number of hydrogen-bond acceptors (Lipinski definition) is 2. The van der Waals surface area contributed by atoms with Crippen molar-refractivity contribution in [3.05, 3.63) is 28.2 Å². The topological polar surface area (TPSA) is 53.1 Å². The molecule has 0 spiro atoms. The van der Waals surface area contributed by atoms with Gasteiger partial charge in [-0.05, 0) is 31.0 Å². The molecule has 1 aromatic carbocycles. The summed E-state index contributed by atoms with van der Waals surface area (Å²) >= 11 is 3.45. The van der Waals surface area contributed by atoms with Crippen LogP contribution in [0.4, 0.5) is 5.69 Å². The van der Waals surface area contributed by atoms with Crippen LogP contribution in [-0.4, -0.2) is 18.9 Å². The lowest BCUT2D eigenvalue weighted by Crippen LogP contribution is -2.29. The smallest absolute Gasteiger partial charge is 0.124 e. The molecule has 1 heterocycles. The third kappa shape index (κ3) is 3.25. The van der Waals surface area contributed by atoms with Crippen LogP contribution in [0.15, 0.2) is 22.7 Å². The molecule has 0 unspecified atom stereocenters. The van der Waals surface area contributed by atoms with Gasteiger partial charge in [0.25, 0.3) is 0 Å². The van der Waals surface area contributed by atoms with E-state index in [1.807, 2.05) is 12.1 Å². The zero-order valence-corrected chi connectivity index (χ0v) is 12.2. The summed E-state index contributed by atoms with van der Waals surface area (Å²) in [5, 5.41) is 7.72. The summed E-state index contributed by atoms with van der Waals surface area (Å²) in [4.78, 5) is 2.38. The highest BCUT2D eigenvalue weighted by Gasteiger charge is 2.14. The van der Waals surface area contributed by atoms with Crippen LogP contribution in [0.2, 0.25) is 0 Å². The normalized spacial score (nSPS) is 17.1. The van der Waals surface area contributed by atoms with Gasteiger partial charge in [-0.3, -0.25) is 5.41 Å². The summed E-state index contributed by atoms with van der Waals surface area (Å²) in [6, 6.07) is 6.04. The molecule has 0 aliphatic carbocycles. The van der Waals surface area contributed by atoms with E-state index in [2.05, 4.69) is 26.9 Å². The number of benzene rings is 1. The Labute approximate surface area is 117 Å². The Balaban J connectivity index is 2.27. The predicted molar refractivity (Wildman–Crippen MR) is 80.5 cm³/mol. The first kappa shape index (κ1) is 13.4. The molecule has 98 valence electrons. The van der Waals surface area contributed by atoms with E-state index in [-0.39, 0.29) is 5.84 Å². The second-order valence-electron chi connectivity index (χ2n) is 4.83. The number of rotatable bonds is 2. The SMILES string of the molecule is N=C(N)c1cc(Br)ccc1N1CCCCCCC1. The summed E-state index contributed by atoms with van der Waals surface area (Å²) in [7, 11) is 0. The Morgan fingerprint density at radius 1 is 1.11 bits per heavy atom. The average molecular weight is 310 g/mol. The van der Waals surface area contributed by atoms with E-state index in [9.17, 15) is 0 Å². The third-order valence-electron chi connectivity index (χ3n) is 3.45. The highest BCUT2D eigenvalue weighted by atomic mass is 79.9. The summed E-state index contributed by atoms with van der Waals surface area (Å²) in [5.74, 6) is 0.147. The second kappa shape index (κ2) is 6.23. The van der Waals surface area contributed by atoms with Crippen molar-refractivity contribution in [3.63, 3.8) is 0 Å². The molecular formula is C14H20BrN3. The molecule has 1 aromatic rings. The molecule has 0 saturated carbocycles. The molecule has 18 heavy (non-hydrogen) atoms. The molecule has 1 saturated heterocycles. The lowest BCUT2D eigenvalue weighted by atomic mass is 10.1. The quantitative estimate of drug-likeness (QED) is 0.649. The van der Waals surface area contributed by atoms with Crippen LogP contribution in [0.3, 0.4) is 0 Å². The summed E-state index contributed by atoms with van der Waals surface area (Å²) in [6.07, 6.45) is 6.43. The van der Waals surface area contributed by atoms with E-state index in [1.165, 1.54) is 32.1 Å². The minimum absolute atomic E-state index is 0.147. The molecule has 2 rings (SSSR count). The van der Waals surface area contributed by atoms with Crippen LogP contribution in [0.5, 0.6) is 0 Å². The fourth-order valence-electron chi connectivity index (χ4n) is 2.49. The summed E-state index contributed by atoms with van der Waals surface area (Å²) in [5.41, 5.74) is 7.64. The van der Waals surface area contributed by atoms with Crippen molar-refractivity contribution in [2.75, 3.05) is 18.0 Å². The van der Waals surface area contributed by atoms with E-state index in [0.29, 0.717) is 0 Å². The largest absolute Gasteiger partial charge is 0.384 e. The number of halogens is 1. The Hall–Kier alpha value is -1.03. The van der Waals surface area contributed by atoms with Gasteiger partial charge in [0.1, 0.15) is 5.84 Å². The van der Waals surface area contributed by atoms with Gasteiger partial charge in [-0.15, -0.1) is 0 Å². The van der Waals surface area contributed by atoms with Gasteiger partial charge < -0.3 is 10.6 Å². The Morgan fingerprint density at radius 2 is 1.72 bits per heavy atom. The van der Waals surface area contributed by atoms with Gasteiger partial charge in [-0.25, -0.2) is 0 Å². The standard InChI is InChI=1S/C14H20BrN3/c15-11-6-7-13(12(10-11)14(16)17)18-8-4-2-1-3-5-9-18/h6-7,10H,1-5,8-9H2,(H3,16,17). The van der Waals surface area contributed by atoms with Crippen molar-refractivity contribution in [3.8, 4) is 0 Å². The van der Waals surface area contributed by atoms with Crippen molar-refractivity contribution in [2.24, 2.45) is 5.73 Å². The van der Waals surface area contributed by atoms with Gasteiger partial charge in [-0.2, -0.15) is 0 Å². The van der Waals surface area contributed by atoms with Gasteiger partial charge in [0, 0.05) is 28.8 Å². The van der Waals surface area contributed by atoms with Gasteiger partial charge >= 0.3 is 0 Å². The number of nitrogen functional groups attached to an aromatic ring is 1. The van der Waals surface area contributed by atoms with Crippen molar-refractivity contribution in [1.29, 1.82) is 5.41 Å². The fourth-order valence-corrected chi connectivity index (χ4v) is 2.85. The number of nitrogens with one attached hydrogen (secondary N) is 1. The van der Waals surface area contributed by atoms with Gasteiger partial charge in [0.15, 0.2) is 0 Å². The van der Waals surface area contributed by atoms with E-state index >= 15 is 0 Å². The van der Waals surface area contributed by atoms with Crippen LogP contribution in [0.25, 0.3) is 0 Å². The van der Waals surface area contributed by atoms with Gasteiger partial charge in [-0.1, -0.05) is 35.2 Å². The minimum Gasteiger partial charge on any atom is -0.384 e. The lowest BCUT2D eigenvalue weighted by molar-refractivity contribution is 0.556. The molecule has 0 aromatic heterocycles. The first-order valence-corrected chi connectivity index (χ1v) is 7.36. The number of amidine groups is 1. The number of nitrogens with two attached hydrogens (primary N) is 1. The molecule has 1 fully saturated rings. The Bertz CT molecular complexity index is 423. The molecule has 0 atom stereocenters. The van der Waals surface area contributed by atoms with E-state index < -0.39 is 0 Å². The first-order chi connectivity index (χ1) is 8.68. The number of hydrogen-bond donors (Lipinski definition) is 2. The molecule has 3 nitrogen and oxygen atoms in total. The molecule has 3 N–H and O–H groups in total. The maximum absolute atomic E-state index is 7.72. The third-order valence-corrected chi connectivity index (χ3v) is 3.94. The maximum Gasteiger partial charge on any atom is 0.124 e. The monoisotopic (exact) mass is 309 g/mol. The van der Waals surface area contributed by atoms with Crippen LogP contribution in [-0.2, 0) is 0 Å². The molecule has 1 aliphatic heterocycles. The fraction of sp³-hybridized carbons (Fsp3) is 0.500. The van der Waals surface area contributed by atoms with Crippen LogP contribution >= 0.6 is 15.9 Å². The maximum atomic E-state index is 7.72. The second-order valence-corrected chi connectivity index (χ2v) is 5.75.